The Morgan fingerprint density at radius 3 is 0.992 bits per heavy atom. The van der Waals surface area contributed by atoms with Gasteiger partial charge in [0.2, 0.25) is 119 Å². The SMILES string of the molecule is CNc1n[nH]c(Nc2ccc(C)o2)n1.CNc1nc(N(C)c2ccc(C)o2)n[nH]1.Cc1ccc(N(C)c2n[nH]c(N)n2)o1.Cc1ccc(N(C)c2nc(N(C)C)n[nH]2)o1.Cc1ccc(N(C)c2nnc(N)n2C)o1.Cc1ccc(Nc2n[nH]c(N)n2)o1.Cc1ccc(Nc2nc(N(C)C)n[nH]2)o1.Cc1ccc(Nc2nnc(N(C)C)n2C)o1.Cc1ccc(Nc2nnc(N)n2C)o1. The Bertz CT molecular complexity index is 6360. The normalized spacial score (nSPS) is 10.4. The van der Waals surface area contributed by atoms with Crippen molar-refractivity contribution in [3.8, 4) is 0 Å². The van der Waals surface area contributed by atoms with Gasteiger partial charge in [-0.3, -0.25) is 59.9 Å². The van der Waals surface area contributed by atoms with Crippen molar-refractivity contribution in [2.75, 3.05) is 179 Å². The van der Waals surface area contributed by atoms with E-state index in [9.17, 15) is 0 Å². The molecular weight excluding hydrogens is 1710 g/mol. The monoisotopic (exact) mass is 1820 g/mol. The summed E-state index contributed by atoms with van der Waals surface area (Å²) in [6, 6.07) is 33.6. The molecule has 702 valence electrons. The summed E-state index contributed by atoms with van der Waals surface area (Å²) in [6.45, 7) is 17.0. The highest BCUT2D eigenvalue weighted by atomic mass is 16.4. The highest BCUT2D eigenvalue weighted by molar-refractivity contribution is 5.57. The molecule has 54 nitrogen and oxygen atoms in total. The van der Waals surface area contributed by atoms with Gasteiger partial charge in [-0.15, -0.1) is 61.2 Å². The predicted molar refractivity (Wildman–Crippen MR) is 501 cm³/mol. The van der Waals surface area contributed by atoms with Gasteiger partial charge in [0, 0.05) is 160 Å². The molecule has 54 heteroatoms. The molecule has 0 saturated heterocycles. The van der Waals surface area contributed by atoms with Crippen LogP contribution in [0.5, 0.6) is 0 Å². The fourth-order valence-electron chi connectivity index (χ4n) is 10.6. The van der Waals surface area contributed by atoms with Crippen molar-refractivity contribution in [3.05, 3.63) is 161 Å². The second-order valence-corrected chi connectivity index (χ2v) is 28.9. The number of hydrogen-bond acceptors (Lipinski definition) is 45. The van der Waals surface area contributed by atoms with Gasteiger partial charge in [-0.05, 0) is 117 Å². The van der Waals surface area contributed by atoms with Crippen molar-refractivity contribution in [2.24, 2.45) is 21.1 Å². The van der Waals surface area contributed by atoms with E-state index in [2.05, 4.69) is 159 Å². The quantitative estimate of drug-likeness (QED) is 0.0283. The molecule has 132 heavy (non-hydrogen) atoms. The summed E-state index contributed by atoms with van der Waals surface area (Å²) in [5, 5.41) is 83.7. The minimum Gasteiger partial charge on any atom is -0.446 e. The number of H-pyrrole nitrogens is 6. The van der Waals surface area contributed by atoms with E-state index >= 15 is 0 Å². The Hall–Kier alpha value is -17.8. The number of nitrogen functional groups attached to an aromatic ring is 4. The van der Waals surface area contributed by atoms with Crippen molar-refractivity contribution in [1.29, 1.82) is 0 Å². The number of nitrogens with two attached hydrogens (primary N) is 4. The van der Waals surface area contributed by atoms with Crippen LogP contribution in [0.1, 0.15) is 51.8 Å². The smallest absolute Gasteiger partial charge is 0.252 e. The van der Waals surface area contributed by atoms with Crippen molar-refractivity contribution in [3.63, 3.8) is 0 Å². The minimum atomic E-state index is 0.269. The zero-order valence-corrected chi connectivity index (χ0v) is 77.4. The summed E-state index contributed by atoms with van der Waals surface area (Å²) in [5.41, 5.74) is 21.9. The van der Waals surface area contributed by atoms with E-state index in [-0.39, 0.29) is 11.9 Å². The number of nitrogens with one attached hydrogen (secondary N) is 13. The van der Waals surface area contributed by atoms with Crippen LogP contribution in [0.2, 0.25) is 0 Å². The summed E-state index contributed by atoms with van der Waals surface area (Å²) < 4.78 is 53.6. The van der Waals surface area contributed by atoms with Crippen LogP contribution in [0.4, 0.5) is 160 Å². The zero-order valence-electron chi connectivity index (χ0n) is 77.4. The van der Waals surface area contributed by atoms with E-state index in [4.69, 9.17) is 62.7 Å². The van der Waals surface area contributed by atoms with Crippen LogP contribution in [0.15, 0.2) is 149 Å². The third-order valence-corrected chi connectivity index (χ3v) is 17.5. The highest BCUT2D eigenvalue weighted by Crippen LogP contribution is 2.30. The van der Waals surface area contributed by atoms with E-state index in [1.54, 1.807) is 65.1 Å². The maximum absolute atomic E-state index is 5.59. The van der Waals surface area contributed by atoms with Gasteiger partial charge in [-0.2, -0.15) is 29.9 Å². The first-order valence-corrected chi connectivity index (χ1v) is 39.9. The Balaban J connectivity index is 0.000000154. The minimum absolute atomic E-state index is 0.269. The lowest BCUT2D eigenvalue weighted by molar-refractivity contribution is 0.535. The van der Waals surface area contributed by atoms with Crippen LogP contribution >= 0.6 is 0 Å². The summed E-state index contributed by atoms with van der Waals surface area (Å²) in [7, 11) is 27.8. The molecule has 0 aliphatic rings. The van der Waals surface area contributed by atoms with Gasteiger partial charge >= 0.3 is 0 Å². The summed E-state index contributed by atoms with van der Waals surface area (Å²) in [6.07, 6.45) is 0. The molecule has 0 unspecified atom stereocenters. The van der Waals surface area contributed by atoms with Crippen molar-refractivity contribution in [2.45, 2.75) is 62.3 Å². The first-order valence-electron chi connectivity index (χ1n) is 39.9. The third-order valence-electron chi connectivity index (χ3n) is 17.5. The number of furan rings is 9. The van der Waals surface area contributed by atoms with Gasteiger partial charge in [0.1, 0.15) is 51.8 Å². The molecule has 0 amide bonds. The highest BCUT2D eigenvalue weighted by Gasteiger charge is 2.20. The first kappa shape index (κ1) is 96.4. The first-order chi connectivity index (χ1) is 62.9. The van der Waals surface area contributed by atoms with Crippen molar-refractivity contribution in [1.82, 2.24) is 135 Å². The number of nitrogens with zero attached hydrogens (tertiary/aromatic N) is 28. The fourth-order valence-corrected chi connectivity index (χ4v) is 10.6. The summed E-state index contributed by atoms with van der Waals surface area (Å²) in [5.74, 6) is 23.2. The summed E-state index contributed by atoms with van der Waals surface area (Å²) >= 11 is 0. The lowest BCUT2D eigenvalue weighted by Crippen LogP contribution is -2.14. The van der Waals surface area contributed by atoms with Crippen LogP contribution in [0.25, 0.3) is 0 Å². The third kappa shape index (κ3) is 27.6. The van der Waals surface area contributed by atoms with Crippen LogP contribution in [-0.2, 0) is 21.1 Å². The van der Waals surface area contributed by atoms with Gasteiger partial charge in [-0.25, -0.2) is 30.6 Å². The zero-order chi connectivity index (χ0) is 95.6. The van der Waals surface area contributed by atoms with Crippen molar-refractivity contribution < 1.29 is 39.8 Å². The maximum Gasteiger partial charge on any atom is 0.252 e. The van der Waals surface area contributed by atoms with Gasteiger partial charge in [-0.1, -0.05) is 0 Å². The van der Waals surface area contributed by atoms with Crippen LogP contribution in [0.3, 0.4) is 0 Å². The van der Waals surface area contributed by atoms with Gasteiger partial charge < -0.3 is 88.0 Å². The van der Waals surface area contributed by atoms with Crippen LogP contribution in [0, 0.1) is 62.3 Å². The Morgan fingerprint density at radius 2 is 0.629 bits per heavy atom. The van der Waals surface area contributed by atoms with E-state index in [0.29, 0.717) is 136 Å². The number of aromatic amines is 6. The summed E-state index contributed by atoms with van der Waals surface area (Å²) in [4.78, 5) is 37.3. The Labute approximate surface area is 755 Å². The number of anilines is 27. The number of aromatic nitrogens is 27. The largest absolute Gasteiger partial charge is 0.446 e. The average Bonchev–Trinajstić information content (AvgIpc) is 1.68. The molecule has 0 radical (unpaired) electrons. The number of hydrogen-bond donors (Lipinski definition) is 17. The van der Waals surface area contributed by atoms with Crippen LogP contribution < -0.4 is 94.5 Å². The molecule has 0 aromatic carbocycles. The topological polar surface area (TPSA) is 671 Å². The molecule has 18 rings (SSSR count). The van der Waals surface area contributed by atoms with Gasteiger partial charge in [0.05, 0.1) is 0 Å². The number of rotatable bonds is 23. The molecule has 18 aromatic heterocycles. The Morgan fingerprint density at radius 1 is 0.280 bits per heavy atom. The number of aryl methyl sites for hydroxylation is 9. The molecule has 0 bridgehead atoms. The molecule has 0 saturated carbocycles. The van der Waals surface area contributed by atoms with Gasteiger partial charge in [0.25, 0.3) is 11.9 Å². The molecule has 18 aromatic rings. The van der Waals surface area contributed by atoms with Crippen LogP contribution in [-0.4, -0.2) is 220 Å². The van der Waals surface area contributed by atoms with E-state index < -0.39 is 0 Å². The molecule has 0 aliphatic carbocycles. The second kappa shape index (κ2) is 44.9. The molecular formula is C78H111N45O9. The lowest BCUT2D eigenvalue weighted by atomic mass is 10.5. The average molecular weight is 1820 g/mol. The standard InChI is InChI=1S/2C10H15N5O.3C9H13N5O.3C8H11N5O.C7H9N5O/c1-7-5-6-8(16-7)15(4)10-11-9(12-13-10)14(2)3;1-7-5-6-8(16-7)11-9-12-13-10(14(2)3)15(9)4;1-6-4-5-7(15-6)13(2)9-12-11-8(10)14(9)3;1-6-4-5-7(15-6)10-8-11-9(13-12-8)14(2)3;1-6-4-5-7(15-6)14(3)9-11-8(10-2)12-13-9;1-5-3-4-6(14-5)13(2)8-10-7(9)11-12-8;1-5-3-4-6(14-5)10-8-12-11-7(9)13(8)2;1-5-3-4-6(14-5)10-8-11-7(9-2)12-13-8;1-4-2-3-5(13-4)9-7-10-6(8)11-12-7/h5-6H,1-4H3,(H,11,12,13);5-6H,1-4H3,(H,11,12);4-5H,1-3H3,(H2,10,11);2*4-5H,1-3H3,(H2,10,11,12,13);3-4H,1-2H3,(H3,9,10,11,12);3-4H,1-2H3,(H2,9,11)(H,10,12);3-4H,1-2H3,(H3,9,10,11,12,13);2-3H,1H3,(H4,8,9,10,11,12). The molecule has 0 spiro atoms. The maximum atomic E-state index is 5.59. The fraction of sp³-hybridized carbons (Fsp3) is 0.308. The van der Waals surface area contributed by atoms with Gasteiger partial charge in [0.15, 0.2) is 29.4 Å². The lowest BCUT2D eigenvalue weighted by Gasteiger charge is -2.13. The molecule has 0 atom stereocenters. The Kier molecular flexibility index (Phi) is 32.8. The predicted octanol–water partition coefficient (Wildman–Crippen LogP) is 11.8. The molecule has 21 N–H and O–H groups in total. The van der Waals surface area contributed by atoms with Crippen molar-refractivity contribution >= 4 is 160 Å². The van der Waals surface area contributed by atoms with E-state index in [1.165, 1.54) is 0 Å². The molecule has 0 aliphatic heterocycles. The van der Waals surface area contributed by atoms with E-state index in [0.717, 1.165) is 63.7 Å². The second-order valence-electron chi connectivity index (χ2n) is 28.9. The van der Waals surface area contributed by atoms with E-state index in [1.807, 2.05) is 260 Å². The molecule has 18 heterocycles. The molecule has 0 fully saturated rings.